The Balaban J connectivity index is 1.70. The van der Waals surface area contributed by atoms with E-state index in [2.05, 4.69) is 10.3 Å². The molecule has 0 radical (unpaired) electrons. The minimum atomic E-state index is -1.89. The second-order valence-electron chi connectivity index (χ2n) is 15.3. The van der Waals surface area contributed by atoms with Crippen LogP contribution < -0.4 is 5.32 Å². The zero-order chi connectivity index (χ0) is 42.4. The Kier molecular flexibility index (Phi) is 17.2. The molecule has 2 aliphatic rings. The predicted molar refractivity (Wildman–Crippen MR) is 212 cm³/mol. The van der Waals surface area contributed by atoms with Crippen LogP contribution in [-0.2, 0) is 49.3 Å². The lowest BCUT2D eigenvalue weighted by Crippen LogP contribution is -2.76. The van der Waals surface area contributed by atoms with E-state index in [0.717, 1.165) is 5.76 Å². The molecule has 0 aliphatic carbocycles. The molecule has 2 fully saturated rings. The van der Waals surface area contributed by atoms with Crippen molar-refractivity contribution in [3.8, 4) is 0 Å². The van der Waals surface area contributed by atoms with Crippen molar-refractivity contribution in [2.75, 3.05) is 27.3 Å². The van der Waals surface area contributed by atoms with Gasteiger partial charge in [0.2, 0.25) is 17.4 Å². The van der Waals surface area contributed by atoms with Gasteiger partial charge in [0.15, 0.2) is 6.39 Å². The highest BCUT2D eigenvalue weighted by Gasteiger charge is 2.77. The Hall–Kier alpha value is -4.82. The number of amides is 2. The minimum absolute atomic E-state index is 0.144. The van der Waals surface area contributed by atoms with Gasteiger partial charge in [-0.3, -0.25) is 19.2 Å². The second kappa shape index (κ2) is 21.1. The number of aromatic nitrogens is 1. The number of carbonyl (C=O) groups is 5. The molecule has 2 N–H and O–H groups in total. The molecule has 2 saturated heterocycles. The molecule has 57 heavy (non-hydrogen) atoms. The number of methoxy groups -OCH3 is 1. The van der Waals surface area contributed by atoms with Crippen LogP contribution in [0, 0.1) is 17.3 Å². The molecular weight excluding hydrogens is 734 g/mol. The van der Waals surface area contributed by atoms with Crippen molar-refractivity contribution in [1.29, 1.82) is 0 Å². The first-order valence-electron chi connectivity index (χ1n) is 19.6. The average molecular weight is 796 g/mol. The molecule has 14 heteroatoms. The first-order valence-corrected chi connectivity index (χ1v) is 19.6. The quantitative estimate of drug-likeness (QED) is 0.0898. The fraction of sp³-hybridized carbons (Fsp3) is 0.581. The maximum atomic E-state index is 13.5. The van der Waals surface area contributed by atoms with E-state index < -0.39 is 70.5 Å². The van der Waals surface area contributed by atoms with E-state index in [9.17, 15) is 29.1 Å². The van der Waals surface area contributed by atoms with E-state index in [-0.39, 0.29) is 38.3 Å². The molecule has 1 aromatic heterocycles. The molecule has 2 amide bonds. The molecule has 3 heterocycles. The zero-order valence-electron chi connectivity index (χ0n) is 34.8. The minimum Gasteiger partial charge on any atom is -0.460 e. The average Bonchev–Trinajstić information content (AvgIpc) is 3.75. The summed E-state index contributed by atoms with van der Waals surface area (Å²) in [6.45, 7) is 12.4. The van der Waals surface area contributed by atoms with Crippen LogP contribution in [0.3, 0.4) is 0 Å². The van der Waals surface area contributed by atoms with Crippen LogP contribution in [0.25, 0.3) is 0 Å². The Morgan fingerprint density at radius 3 is 2.32 bits per heavy atom. The van der Waals surface area contributed by atoms with Crippen molar-refractivity contribution in [3.63, 3.8) is 0 Å². The van der Waals surface area contributed by atoms with E-state index in [1.807, 2.05) is 58.1 Å². The van der Waals surface area contributed by atoms with Gasteiger partial charge in [-0.1, -0.05) is 76.3 Å². The number of oxazole rings is 1. The molecule has 3 rings (SSSR count). The van der Waals surface area contributed by atoms with E-state index in [0.29, 0.717) is 24.8 Å². The van der Waals surface area contributed by atoms with Crippen LogP contribution in [0.4, 0.5) is 0 Å². The van der Waals surface area contributed by atoms with Crippen LogP contribution in [-0.4, -0.2) is 101 Å². The molecule has 0 aromatic carbocycles. The summed E-state index contributed by atoms with van der Waals surface area (Å²) in [5, 5.41) is 15.0. The number of nitrogens with one attached hydrogen (secondary N) is 1. The third-order valence-corrected chi connectivity index (χ3v) is 10.8. The Bertz CT molecular complexity index is 1690. The molecule has 0 unspecified atom stereocenters. The Morgan fingerprint density at radius 2 is 1.74 bits per heavy atom. The third-order valence-electron chi connectivity index (χ3n) is 10.8. The lowest BCUT2D eigenvalue weighted by Gasteiger charge is -2.51. The van der Waals surface area contributed by atoms with Crippen LogP contribution in [0.1, 0.15) is 86.3 Å². The number of aliphatic hydroxyl groups is 1. The number of likely N-dealkylation sites (tertiary alicyclic amines) is 1. The van der Waals surface area contributed by atoms with Crippen molar-refractivity contribution in [3.05, 3.63) is 78.6 Å². The van der Waals surface area contributed by atoms with Gasteiger partial charge >= 0.3 is 17.9 Å². The van der Waals surface area contributed by atoms with Crippen molar-refractivity contribution < 1.29 is 52.4 Å². The van der Waals surface area contributed by atoms with E-state index in [1.54, 1.807) is 51.3 Å². The summed E-state index contributed by atoms with van der Waals surface area (Å²) in [7, 11) is 2.88. The van der Waals surface area contributed by atoms with Crippen molar-refractivity contribution >= 4 is 29.7 Å². The third kappa shape index (κ3) is 10.8. The highest BCUT2D eigenvalue weighted by Crippen LogP contribution is 2.51. The summed E-state index contributed by atoms with van der Waals surface area (Å²) in [6, 6.07) is 0. The van der Waals surface area contributed by atoms with Crippen molar-refractivity contribution in [1.82, 2.24) is 15.2 Å². The molecule has 2 aliphatic heterocycles. The van der Waals surface area contributed by atoms with Gasteiger partial charge in [0.05, 0.1) is 23.6 Å². The molecule has 14 nitrogen and oxygen atoms in total. The molecule has 314 valence electrons. The van der Waals surface area contributed by atoms with E-state index in [4.69, 9.17) is 23.4 Å². The number of carbonyl (C=O) groups excluding carboxylic acids is 5. The van der Waals surface area contributed by atoms with E-state index in [1.165, 1.54) is 25.5 Å². The number of nitrogens with zero attached hydrogens (tertiary/aromatic N) is 2. The Morgan fingerprint density at radius 1 is 1.07 bits per heavy atom. The van der Waals surface area contributed by atoms with Gasteiger partial charge in [-0.05, 0) is 57.6 Å². The molecule has 1 aromatic rings. The van der Waals surface area contributed by atoms with E-state index >= 15 is 0 Å². The molecule has 7 atom stereocenters. The maximum Gasteiger partial charge on any atom is 0.338 e. The van der Waals surface area contributed by atoms with Crippen LogP contribution >= 0.6 is 0 Å². The summed E-state index contributed by atoms with van der Waals surface area (Å²) in [4.78, 5) is 69.8. The molecule has 1 spiro atoms. The van der Waals surface area contributed by atoms with Gasteiger partial charge in [0.1, 0.15) is 30.2 Å². The number of rotatable bonds is 22. The molecule has 0 bridgehead atoms. The fourth-order valence-corrected chi connectivity index (χ4v) is 7.29. The largest absolute Gasteiger partial charge is 0.460 e. The number of allylic oxidation sites excluding steroid dienone is 7. The lowest BCUT2D eigenvalue weighted by molar-refractivity contribution is -0.235. The predicted octanol–water partition coefficient (Wildman–Crippen LogP) is 5.13. The van der Waals surface area contributed by atoms with Gasteiger partial charge in [-0.2, -0.15) is 0 Å². The van der Waals surface area contributed by atoms with Gasteiger partial charge in [0.25, 0.3) is 0 Å². The number of hydrogen-bond donors (Lipinski definition) is 2. The highest BCUT2D eigenvalue weighted by molar-refractivity contribution is 5.99. The number of likely N-dealkylation sites (N-methyl/N-ethyl adjacent to an activating group) is 1. The normalized spacial score (nSPS) is 23.6. The molecular formula is C43H61N3O11. The molecule has 0 saturated carbocycles. The van der Waals surface area contributed by atoms with Gasteiger partial charge in [-0.15, -0.1) is 0 Å². The fourth-order valence-electron chi connectivity index (χ4n) is 7.29. The standard InChI is InChI=1S/C43H61N3O11/c1-10-19-35(47)56-33(30(4)25-34(53-9)43(52)31(5)38(49)46(8)42(43)27-54-40(42)51)23-17-14-18-24-45-39(50)41(6,7)37(57-36(48)20-11-2)29(3)21-15-12-13-16-22-32-26-44-28-55-32/h12-18,21,23,26,28,30-31,33-34,37,52H,10-11,19-20,22,24-25,27H2,1-9H3,(H,45,50)/b15-12-,16-13+,18-14+,23-17+,29-21-/t30-,31+,33+,34+,37-,42-,43-/m1/s1. The first kappa shape index (κ1) is 46.6. The summed E-state index contributed by atoms with van der Waals surface area (Å²) in [5.74, 6) is -2.83. The van der Waals surface area contributed by atoms with Gasteiger partial charge in [0, 0.05) is 40.0 Å². The number of cyclic esters (lactones) is 1. The zero-order valence-corrected chi connectivity index (χ0v) is 34.8. The number of hydrogen-bond acceptors (Lipinski definition) is 12. The Labute approximate surface area is 336 Å². The topological polar surface area (TPSA) is 184 Å². The SMILES string of the molecule is CCCC(=O)O[C@@H](/C=C/C=C/CNC(=O)C(C)(C)[C@H](OC(=O)CCC)\C(C)=C/C=C\C=C\Cc1cnco1)[C@H](C)C[C@H](OC)[C@]1(O)[C@@H](C)C(=O)N(C)[C@@]12COC2=O. The lowest BCUT2D eigenvalue weighted by atomic mass is 9.68. The highest BCUT2D eigenvalue weighted by atomic mass is 16.6. The van der Waals surface area contributed by atoms with Crippen LogP contribution in [0.15, 0.2) is 77.3 Å². The monoisotopic (exact) mass is 795 g/mol. The van der Waals surface area contributed by atoms with Crippen molar-refractivity contribution in [2.45, 2.75) is 116 Å². The summed E-state index contributed by atoms with van der Waals surface area (Å²) in [6.07, 6.45) is 18.9. The van der Waals surface area contributed by atoms with Crippen molar-refractivity contribution in [2.24, 2.45) is 17.3 Å². The second-order valence-corrected chi connectivity index (χ2v) is 15.3. The summed E-state index contributed by atoms with van der Waals surface area (Å²) in [5.41, 5.74) is -3.89. The maximum absolute atomic E-state index is 13.5. The smallest absolute Gasteiger partial charge is 0.338 e. The summed E-state index contributed by atoms with van der Waals surface area (Å²) >= 11 is 0. The van der Waals surface area contributed by atoms with Gasteiger partial charge in [-0.25, -0.2) is 9.78 Å². The van der Waals surface area contributed by atoms with Crippen LogP contribution in [0.5, 0.6) is 0 Å². The number of esters is 3. The van der Waals surface area contributed by atoms with Gasteiger partial charge < -0.3 is 38.7 Å². The van der Waals surface area contributed by atoms with Crippen LogP contribution in [0.2, 0.25) is 0 Å². The number of ether oxygens (including phenoxy) is 4. The summed E-state index contributed by atoms with van der Waals surface area (Å²) < 4.78 is 27.7. The first-order chi connectivity index (χ1) is 27.0.